The van der Waals surface area contributed by atoms with Crippen LogP contribution in [0.5, 0.6) is 0 Å². The second-order valence-corrected chi connectivity index (χ2v) is 5.14. The number of amides is 1. The molecule has 0 fully saturated rings. The third-order valence-electron chi connectivity index (χ3n) is 2.69. The molecule has 0 saturated heterocycles. The molecule has 1 atom stereocenters. The number of hydrogen-bond donors (Lipinski definition) is 2. The molecular weight excluding hydrogens is 272 g/mol. The molecule has 0 unspecified atom stereocenters. The van der Waals surface area contributed by atoms with Crippen molar-refractivity contribution in [3.63, 3.8) is 0 Å². The third kappa shape index (κ3) is 2.96. The molecule has 1 aliphatic carbocycles. The van der Waals surface area contributed by atoms with Crippen molar-refractivity contribution >= 4 is 34.1 Å². The van der Waals surface area contributed by atoms with Gasteiger partial charge in [0.15, 0.2) is 10.9 Å². The fourth-order valence-corrected chi connectivity index (χ4v) is 2.80. The number of rotatable bonds is 4. The highest BCUT2D eigenvalue weighted by Gasteiger charge is 2.32. The molecule has 8 heteroatoms. The Labute approximate surface area is 112 Å². The van der Waals surface area contributed by atoms with Crippen LogP contribution in [-0.2, 0) is 20.7 Å². The topological polar surface area (TPSA) is 106 Å². The molecule has 0 aromatic carbocycles. The van der Waals surface area contributed by atoms with Gasteiger partial charge in [0.1, 0.15) is 6.61 Å². The lowest BCUT2D eigenvalue weighted by atomic mass is 9.90. The molecule has 0 radical (unpaired) electrons. The number of thiazole rings is 1. The van der Waals surface area contributed by atoms with Gasteiger partial charge in [-0.05, 0) is 0 Å². The Morgan fingerprint density at radius 1 is 1.53 bits per heavy atom. The Balaban J connectivity index is 2.17. The van der Waals surface area contributed by atoms with Crippen molar-refractivity contribution in [3.05, 3.63) is 10.6 Å². The summed E-state index contributed by atoms with van der Waals surface area (Å²) in [5, 5.41) is 11.7. The normalized spacial score (nSPS) is 17.9. The van der Waals surface area contributed by atoms with Gasteiger partial charge >= 0.3 is 5.97 Å². The highest BCUT2D eigenvalue weighted by molar-refractivity contribution is 7.17. The number of ether oxygens (including phenoxy) is 1. The zero-order valence-electron chi connectivity index (χ0n) is 10.1. The van der Waals surface area contributed by atoms with Crippen LogP contribution >= 0.6 is 11.3 Å². The van der Waals surface area contributed by atoms with E-state index in [2.05, 4.69) is 15.0 Å². The fraction of sp³-hybridized carbons (Fsp3) is 0.455. The molecule has 0 aliphatic heterocycles. The Hall–Kier alpha value is -1.80. The summed E-state index contributed by atoms with van der Waals surface area (Å²) in [7, 11) is 1.40. The van der Waals surface area contributed by atoms with Gasteiger partial charge in [-0.25, -0.2) is 4.98 Å². The third-order valence-corrected chi connectivity index (χ3v) is 3.75. The van der Waals surface area contributed by atoms with Crippen molar-refractivity contribution in [3.8, 4) is 0 Å². The SMILES string of the molecule is COCC(=O)Nc1nc2c(s1)C(=O)C[C@H](C(=O)O)C2. The number of Topliss-reactive ketones (excluding diaryl/α,β-unsaturated/α-hetero) is 1. The number of nitrogens with one attached hydrogen (secondary N) is 1. The maximum Gasteiger partial charge on any atom is 0.307 e. The number of carbonyl (C=O) groups is 3. The number of methoxy groups -OCH3 is 1. The van der Waals surface area contributed by atoms with Gasteiger partial charge < -0.3 is 9.84 Å². The van der Waals surface area contributed by atoms with Gasteiger partial charge in [-0.15, -0.1) is 0 Å². The van der Waals surface area contributed by atoms with E-state index in [0.29, 0.717) is 15.7 Å². The summed E-state index contributed by atoms with van der Waals surface area (Å²) < 4.78 is 4.67. The lowest BCUT2D eigenvalue weighted by Gasteiger charge is -2.15. The van der Waals surface area contributed by atoms with Crippen molar-refractivity contribution < 1.29 is 24.2 Å². The van der Waals surface area contributed by atoms with Gasteiger partial charge in [-0.2, -0.15) is 0 Å². The van der Waals surface area contributed by atoms with Gasteiger partial charge in [0.2, 0.25) is 0 Å². The number of nitrogens with zero attached hydrogens (tertiary/aromatic N) is 1. The molecule has 1 aromatic rings. The van der Waals surface area contributed by atoms with Gasteiger partial charge in [0.05, 0.1) is 16.5 Å². The van der Waals surface area contributed by atoms with E-state index in [1.54, 1.807) is 0 Å². The van der Waals surface area contributed by atoms with Crippen LogP contribution < -0.4 is 5.32 Å². The van der Waals surface area contributed by atoms with Crippen molar-refractivity contribution in [2.24, 2.45) is 5.92 Å². The summed E-state index contributed by atoms with van der Waals surface area (Å²) in [6, 6.07) is 0. The largest absolute Gasteiger partial charge is 0.481 e. The molecule has 0 spiro atoms. The average Bonchev–Trinajstić information content (AvgIpc) is 2.72. The molecule has 2 N–H and O–H groups in total. The number of aliphatic carboxylic acids is 1. The maximum absolute atomic E-state index is 11.8. The molecule has 0 saturated carbocycles. The van der Waals surface area contributed by atoms with E-state index in [1.807, 2.05) is 0 Å². The fourth-order valence-electron chi connectivity index (χ4n) is 1.84. The van der Waals surface area contributed by atoms with E-state index in [-0.39, 0.29) is 31.1 Å². The van der Waals surface area contributed by atoms with Crippen LogP contribution in [-0.4, -0.2) is 41.5 Å². The van der Waals surface area contributed by atoms with E-state index in [0.717, 1.165) is 11.3 Å². The molecule has 0 bridgehead atoms. The van der Waals surface area contributed by atoms with Crippen molar-refractivity contribution in [2.75, 3.05) is 19.0 Å². The zero-order chi connectivity index (χ0) is 14.0. The summed E-state index contributed by atoms with van der Waals surface area (Å²) in [4.78, 5) is 38.6. The summed E-state index contributed by atoms with van der Waals surface area (Å²) in [5.74, 6) is -2.34. The number of hydrogen-bond acceptors (Lipinski definition) is 6. The van der Waals surface area contributed by atoms with Crippen LogP contribution in [0.15, 0.2) is 0 Å². The van der Waals surface area contributed by atoms with E-state index >= 15 is 0 Å². The molecule has 1 aromatic heterocycles. The number of carbonyl (C=O) groups excluding carboxylic acids is 2. The number of anilines is 1. The lowest BCUT2D eigenvalue weighted by molar-refractivity contribution is -0.141. The highest BCUT2D eigenvalue weighted by atomic mass is 32.1. The molecule has 1 heterocycles. The Bertz CT molecular complexity index is 539. The van der Waals surface area contributed by atoms with Crippen molar-refractivity contribution in [1.29, 1.82) is 0 Å². The molecular formula is C11H12N2O5S. The minimum Gasteiger partial charge on any atom is -0.481 e. The minimum absolute atomic E-state index is 0.0179. The van der Waals surface area contributed by atoms with Crippen LogP contribution in [0.2, 0.25) is 0 Å². The number of fused-ring (bicyclic) bond motifs is 1. The van der Waals surface area contributed by atoms with Crippen LogP contribution in [0.1, 0.15) is 21.8 Å². The van der Waals surface area contributed by atoms with E-state index < -0.39 is 11.9 Å². The van der Waals surface area contributed by atoms with Gasteiger partial charge in [-0.3, -0.25) is 19.7 Å². The van der Waals surface area contributed by atoms with E-state index in [4.69, 9.17) is 5.11 Å². The first-order valence-corrected chi connectivity index (χ1v) is 6.37. The zero-order valence-corrected chi connectivity index (χ0v) is 11.0. The molecule has 19 heavy (non-hydrogen) atoms. The van der Waals surface area contributed by atoms with E-state index in [9.17, 15) is 14.4 Å². The summed E-state index contributed by atoms with van der Waals surface area (Å²) in [5.41, 5.74) is 0.446. The standard InChI is InChI=1S/C11H12N2O5S/c1-18-4-8(15)13-11-12-6-2-5(10(16)17)3-7(14)9(6)19-11/h5H,2-4H2,1H3,(H,16,17)(H,12,13,15)/t5-/m1/s1. The van der Waals surface area contributed by atoms with Crippen molar-refractivity contribution in [1.82, 2.24) is 4.98 Å². The number of carboxylic acids is 1. The summed E-state index contributed by atoms with van der Waals surface area (Å²) in [6.07, 6.45) is 0.197. The van der Waals surface area contributed by atoms with Gasteiger partial charge in [-0.1, -0.05) is 11.3 Å². The van der Waals surface area contributed by atoms with Crippen LogP contribution in [0, 0.1) is 5.92 Å². The first-order chi connectivity index (χ1) is 9.01. The Morgan fingerprint density at radius 2 is 2.26 bits per heavy atom. The van der Waals surface area contributed by atoms with Crippen LogP contribution in [0.3, 0.4) is 0 Å². The minimum atomic E-state index is -1.00. The predicted molar refractivity (Wildman–Crippen MR) is 66.4 cm³/mol. The second-order valence-electron chi connectivity index (χ2n) is 4.14. The van der Waals surface area contributed by atoms with Crippen LogP contribution in [0.4, 0.5) is 5.13 Å². The molecule has 2 rings (SSSR count). The number of aromatic nitrogens is 1. The number of carboxylic acid groups (broad SMARTS) is 1. The molecule has 102 valence electrons. The van der Waals surface area contributed by atoms with Crippen LogP contribution in [0.25, 0.3) is 0 Å². The number of ketones is 1. The van der Waals surface area contributed by atoms with Gasteiger partial charge in [0, 0.05) is 20.0 Å². The first-order valence-electron chi connectivity index (χ1n) is 5.55. The highest BCUT2D eigenvalue weighted by Crippen LogP contribution is 2.32. The van der Waals surface area contributed by atoms with Gasteiger partial charge in [0.25, 0.3) is 5.91 Å². The molecule has 1 aliphatic rings. The first kappa shape index (κ1) is 13.6. The predicted octanol–water partition coefficient (Wildman–Crippen LogP) is 0.558. The lowest BCUT2D eigenvalue weighted by Crippen LogP contribution is -2.25. The smallest absolute Gasteiger partial charge is 0.307 e. The summed E-state index contributed by atoms with van der Waals surface area (Å²) >= 11 is 1.07. The molecule has 1 amide bonds. The van der Waals surface area contributed by atoms with E-state index in [1.165, 1.54) is 7.11 Å². The second kappa shape index (κ2) is 5.45. The molecule has 7 nitrogen and oxygen atoms in total. The Kier molecular flexibility index (Phi) is 3.91. The quantitative estimate of drug-likeness (QED) is 0.836. The average molecular weight is 284 g/mol. The van der Waals surface area contributed by atoms with Crippen molar-refractivity contribution in [2.45, 2.75) is 12.8 Å². The Morgan fingerprint density at radius 3 is 2.89 bits per heavy atom. The maximum atomic E-state index is 11.8. The monoisotopic (exact) mass is 284 g/mol. The summed E-state index contributed by atoms with van der Waals surface area (Å²) in [6.45, 7) is -0.101.